The lowest BCUT2D eigenvalue weighted by Gasteiger charge is -2.13. The number of imidazole rings is 1. The molecule has 3 rings (SSSR count). The molecule has 0 amide bonds. The zero-order chi connectivity index (χ0) is 13.9. The van der Waals surface area contributed by atoms with Crippen molar-refractivity contribution in [2.24, 2.45) is 0 Å². The molecule has 104 valence electrons. The summed E-state index contributed by atoms with van der Waals surface area (Å²) in [7, 11) is 0. The molecule has 0 N–H and O–H groups in total. The number of fused-ring (bicyclic) bond motifs is 1. The number of halogens is 1. The summed E-state index contributed by atoms with van der Waals surface area (Å²) in [6.45, 7) is 0.974. The number of aryl methyl sites for hydroxylation is 1. The highest BCUT2D eigenvalue weighted by Gasteiger charge is 2.19. The Morgan fingerprint density at radius 2 is 2.40 bits per heavy atom. The molecule has 20 heavy (non-hydrogen) atoms. The molecule has 5 heteroatoms. The molecule has 0 aliphatic carbocycles. The second kappa shape index (κ2) is 6.07. The molecule has 0 spiro atoms. The molecular formula is C15H16ClN3S. The van der Waals surface area contributed by atoms with E-state index >= 15 is 0 Å². The van der Waals surface area contributed by atoms with Crippen molar-refractivity contribution in [2.75, 3.05) is 11.6 Å². The van der Waals surface area contributed by atoms with Crippen LogP contribution in [0.1, 0.15) is 24.2 Å². The summed E-state index contributed by atoms with van der Waals surface area (Å²) >= 11 is 7.94. The average Bonchev–Trinajstić information content (AvgIpc) is 3.08. The largest absolute Gasteiger partial charge is 0.327 e. The first-order valence-electron chi connectivity index (χ1n) is 6.88. The number of alkyl halides is 1. The minimum absolute atomic E-state index is 0.576. The minimum Gasteiger partial charge on any atom is -0.327 e. The number of benzene rings is 1. The van der Waals surface area contributed by atoms with Crippen molar-refractivity contribution in [1.82, 2.24) is 9.55 Å². The number of nitriles is 1. The highest BCUT2D eigenvalue weighted by atomic mass is 35.5. The molecule has 1 aromatic heterocycles. The van der Waals surface area contributed by atoms with E-state index in [-0.39, 0.29) is 0 Å². The Labute approximate surface area is 127 Å². The van der Waals surface area contributed by atoms with Crippen molar-refractivity contribution in [2.45, 2.75) is 31.1 Å². The molecule has 0 bridgehead atoms. The van der Waals surface area contributed by atoms with E-state index in [1.54, 1.807) is 0 Å². The van der Waals surface area contributed by atoms with Crippen molar-refractivity contribution in [1.29, 1.82) is 5.26 Å². The monoisotopic (exact) mass is 305 g/mol. The van der Waals surface area contributed by atoms with Crippen LogP contribution in [0.4, 0.5) is 0 Å². The predicted molar refractivity (Wildman–Crippen MR) is 84.4 cm³/mol. The summed E-state index contributed by atoms with van der Waals surface area (Å²) in [5.74, 6) is 2.87. The van der Waals surface area contributed by atoms with Gasteiger partial charge < -0.3 is 4.57 Å². The molecule has 1 aliphatic rings. The van der Waals surface area contributed by atoms with E-state index < -0.39 is 0 Å². The zero-order valence-corrected chi connectivity index (χ0v) is 12.8. The maximum absolute atomic E-state index is 9.08. The minimum atomic E-state index is 0.576. The third-order valence-corrected chi connectivity index (χ3v) is 5.25. The highest BCUT2D eigenvalue weighted by Crippen LogP contribution is 2.29. The molecule has 1 unspecified atom stereocenters. The summed E-state index contributed by atoms with van der Waals surface area (Å²) in [4.78, 5) is 4.68. The van der Waals surface area contributed by atoms with Crippen LogP contribution in [0.5, 0.6) is 0 Å². The normalized spacial score (nSPS) is 18.5. The first-order valence-corrected chi connectivity index (χ1v) is 8.47. The summed E-state index contributed by atoms with van der Waals surface area (Å²) in [5, 5.41) is 9.74. The van der Waals surface area contributed by atoms with E-state index in [4.69, 9.17) is 16.9 Å². The Balaban J connectivity index is 2.04. The second-order valence-electron chi connectivity index (χ2n) is 5.03. The lowest BCUT2D eigenvalue weighted by atomic mass is 10.2. The fraction of sp³-hybridized carbons (Fsp3) is 0.467. The molecule has 1 saturated heterocycles. The summed E-state index contributed by atoms with van der Waals surface area (Å²) in [6.07, 6.45) is 3.34. The Kier molecular flexibility index (Phi) is 4.18. The van der Waals surface area contributed by atoms with Crippen LogP contribution in [0.3, 0.4) is 0 Å². The Hall–Kier alpha value is -1.18. The first-order chi connectivity index (χ1) is 9.81. The molecule has 2 aromatic rings. The van der Waals surface area contributed by atoms with E-state index in [0.29, 0.717) is 16.7 Å². The number of thioether (sulfide) groups is 1. The Morgan fingerprint density at radius 3 is 3.10 bits per heavy atom. The molecule has 3 nitrogen and oxygen atoms in total. The van der Waals surface area contributed by atoms with Gasteiger partial charge in [-0.1, -0.05) is 0 Å². The number of hydrogen-bond donors (Lipinski definition) is 0. The van der Waals surface area contributed by atoms with Gasteiger partial charge in [0, 0.05) is 24.1 Å². The van der Waals surface area contributed by atoms with E-state index in [1.807, 2.05) is 30.0 Å². The van der Waals surface area contributed by atoms with Crippen LogP contribution in [0.15, 0.2) is 18.2 Å². The van der Waals surface area contributed by atoms with Crippen LogP contribution in [0, 0.1) is 11.3 Å². The quantitative estimate of drug-likeness (QED) is 0.811. The van der Waals surface area contributed by atoms with E-state index in [2.05, 4.69) is 15.6 Å². The van der Waals surface area contributed by atoms with Crippen LogP contribution in [0.2, 0.25) is 0 Å². The van der Waals surface area contributed by atoms with E-state index in [9.17, 15) is 0 Å². The zero-order valence-electron chi connectivity index (χ0n) is 11.2. The Morgan fingerprint density at radius 1 is 1.50 bits per heavy atom. The summed E-state index contributed by atoms with van der Waals surface area (Å²) in [5.41, 5.74) is 2.72. The summed E-state index contributed by atoms with van der Waals surface area (Å²) in [6, 6.07) is 7.92. The van der Waals surface area contributed by atoms with Crippen molar-refractivity contribution in [3.63, 3.8) is 0 Å². The molecular weight excluding hydrogens is 290 g/mol. The number of nitrogens with zero attached hydrogens (tertiary/aromatic N) is 3. The second-order valence-corrected chi connectivity index (χ2v) is 6.81. The fourth-order valence-electron chi connectivity index (χ4n) is 2.71. The SMILES string of the molecule is N#Cc1ccc2nc(CCCl)n(CC3CCCS3)c2c1. The van der Waals surface area contributed by atoms with Gasteiger partial charge in [-0.15, -0.1) is 11.6 Å². The van der Waals surface area contributed by atoms with Crippen LogP contribution in [-0.4, -0.2) is 26.4 Å². The molecule has 1 fully saturated rings. The summed E-state index contributed by atoms with van der Waals surface area (Å²) < 4.78 is 2.27. The van der Waals surface area contributed by atoms with Crippen molar-refractivity contribution in [3.8, 4) is 6.07 Å². The van der Waals surface area contributed by atoms with E-state index in [1.165, 1.54) is 18.6 Å². The van der Waals surface area contributed by atoms with Crippen molar-refractivity contribution in [3.05, 3.63) is 29.6 Å². The number of aromatic nitrogens is 2. The third kappa shape index (κ3) is 2.65. The third-order valence-electron chi connectivity index (χ3n) is 3.68. The molecule has 0 radical (unpaired) electrons. The van der Waals surface area contributed by atoms with Gasteiger partial charge in [-0.25, -0.2) is 4.98 Å². The average molecular weight is 306 g/mol. The van der Waals surface area contributed by atoms with Gasteiger partial charge in [0.2, 0.25) is 0 Å². The maximum Gasteiger partial charge on any atom is 0.111 e. The number of rotatable bonds is 4. The Bertz CT molecular complexity index is 653. The van der Waals surface area contributed by atoms with Gasteiger partial charge in [0.05, 0.1) is 22.7 Å². The lowest BCUT2D eigenvalue weighted by Crippen LogP contribution is -2.13. The molecule has 0 saturated carbocycles. The molecule has 1 aromatic carbocycles. The van der Waals surface area contributed by atoms with Gasteiger partial charge in [0.25, 0.3) is 0 Å². The van der Waals surface area contributed by atoms with Crippen LogP contribution in [-0.2, 0) is 13.0 Å². The molecule has 1 aliphatic heterocycles. The van der Waals surface area contributed by atoms with Gasteiger partial charge in [0.15, 0.2) is 0 Å². The van der Waals surface area contributed by atoms with Gasteiger partial charge in [-0.2, -0.15) is 17.0 Å². The van der Waals surface area contributed by atoms with Crippen molar-refractivity contribution >= 4 is 34.4 Å². The maximum atomic E-state index is 9.08. The van der Waals surface area contributed by atoms with E-state index in [0.717, 1.165) is 29.8 Å². The molecule has 1 atom stereocenters. The highest BCUT2D eigenvalue weighted by molar-refractivity contribution is 8.00. The van der Waals surface area contributed by atoms with Crippen molar-refractivity contribution < 1.29 is 0 Å². The van der Waals surface area contributed by atoms with Gasteiger partial charge in [0.1, 0.15) is 5.82 Å². The molecule has 2 heterocycles. The fourth-order valence-corrected chi connectivity index (χ4v) is 4.14. The van der Waals surface area contributed by atoms with Crippen LogP contribution < -0.4 is 0 Å². The van der Waals surface area contributed by atoms with Crippen LogP contribution in [0.25, 0.3) is 11.0 Å². The van der Waals surface area contributed by atoms with Gasteiger partial charge >= 0.3 is 0 Å². The van der Waals surface area contributed by atoms with Gasteiger partial charge in [-0.3, -0.25) is 0 Å². The lowest BCUT2D eigenvalue weighted by molar-refractivity contribution is 0.627. The van der Waals surface area contributed by atoms with Gasteiger partial charge in [-0.05, 0) is 36.8 Å². The smallest absolute Gasteiger partial charge is 0.111 e. The van der Waals surface area contributed by atoms with Crippen LogP contribution >= 0.6 is 23.4 Å². The number of hydrogen-bond acceptors (Lipinski definition) is 3. The standard InChI is InChI=1S/C15H16ClN3S/c16-6-5-15-18-13-4-3-11(9-17)8-14(13)19(15)10-12-2-1-7-20-12/h3-4,8,12H,1-2,5-7,10H2. The topological polar surface area (TPSA) is 41.6 Å². The first kappa shape index (κ1) is 13.8. The predicted octanol–water partition coefficient (Wildman–Crippen LogP) is 3.58.